The van der Waals surface area contributed by atoms with Gasteiger partial charge in [-0.1, -0.05) is 0 Å². The van der Waals surface area contributed by atoms with Crippen molar-refractivity contribution in [2.24, 2.45) is 0 Å². The van der Waals surface area contributed by atoms with Gasteiger partial charge in [-0.15, -0.1) is 0 Å². The Kier molecular flexibility index (Phi) is 0.538. The van der Waals surface area contributed by atoms with E-state index in [2.05, 4.69) is 15.8 Å². The zero-order chi connectivity index (χ0) is 4.41. The average Bonchev–Trinajstić information content (AvgIpc) is 1.86. The van der Waals surface area contributed by atoms with Crippen LogP contribution in [0.5, 0.6) is 0 Å². The molecule has 0 amide bonds. The Morgan fingerprint density at radius 2 is 2.83 bits per heavy atom. The Bertz CT molecular complexity index is 112. The Balaban J connectivity index is 3.05. The van der Waals surface area contributed by atoms with Gasteiger partial charge in [-0.25, -0.2) is 0 Å². The molecule has 1 aromatic heterocycles. The van der Waals surface area contributed by atoms with Crippen LogP contribution in [0.4, 0.5) is 5.82 Å². The molecule has 1 heterocycles. The number of nitrogen functional groups attached to an aromatic ring is 1. The summed E-state index contributed by atoms with van der Waals surface area (Å²) in [5.41, 5.74) is 5.04. The van der Waals surface area contributed by atoms with E-state index in [1.807, 2.05) is 0 Å². The van der Waals surface area contributed by atoms with E-state index in [4.69, 9.17) is 5.73 Å². The molecule has 0 aliphatic heterocycles. The Morgan fingerprint density at radius 3 is 3.00 bits per heavy atom. The van der Waals surface area contributed by atoms with Crippen molar-refractivity contribution in [3.63, 3.8) is 0 Å². The summed E-state index contributed by atoms with van der Waals surface area (Å²) in [6, 6.07) is 0. The predicted molar refractivity (Wildman–Crippen MR) is 19.8 cm³/mol. The molecule has 3 heteroatoms. The van der Waals surface area contributed by atoms with Crippen LogP contribution in [0.2, 0.25) is 0 Å². The third kappa shape index (κ3) is 0.337. The van der Waals surface area contributed by atoms with Crippen LogP contribution in [-0.4, -0.2) is 4.98 Å². The van der Waals surface area contributed by atoms with Crippen molar-refractivity contribution in [2.75, 3.05) is 5.73 Å². The Hall–Kier alpha value is -0.990. The summed E-state index contributed by atoms with van der Waals surface area (Å²) in [4.78, 5) is 3.40. The standard InChI is InChI=1S/C3H3N2O/c4-3-1-6-2-5-3/h1H,4H2/q-1. The molecule has 6 heavy (non-hydrogen) atoms. The molecule has 0 aliphatic rings. The molecule has 0 unspecified atom stereocenters. The topological polar surface area (TPSA) is 52.0 Å². The Labute approximate surface area is 34.8 Å². The summed E-state index contributed by atoms with van der Waals surface area (Å²) in [5, 5.41) is 0. The van der Waals surface area contributed by atoms with E-state index in [-0.39, 0.29) is 0 Å². The van der Waals surface area contributed by atoms with Crippen molar-refractivity contribution in [2.45, 2.75) is 0 Å². The van der Waals surface area contributed by atoms with Crippen LogP contribution in [0.1, 0.15) is 0 Å². The lowest BCUT2D eigenvalue weighted by atomic mass is 10.8. The molecule has 3 nitrogen and oxygen atoms in total. The molecule has 0 atom stereocenters. The SMILES string of the molecule is Nc1co[c-]n1. The van der Waals surface area contributed by atoms with E-state index in [0.717, 1.165) is 0 Å². The van der Waals surface area contributed by atoms with Gasteiger partial charge in [-0.3, -0.25) is 0 Å². The number of hydrogen-bond acceptors (Lipinski definition) is 3. The predicted octanol–water partition coefficient (Wildman–Crippen LogP) is 0.0570. The van der Waals surface area contributed by atoms with Gasteiger partial charge in [-0.2, -0.15) is 0 Å². The smallest absolute Gasteiger partial charge is 0.103 e. The van der Waals surface area contributed by atoms with E-state index < -0.39 is 0 Å². The molecule has 0 radical (unpaired) electrons. The van der Waals surface area contributed by atoms with Gasteiger partial charge in [0.2, 0.25) is 0 Å². The van der Waals surface area contributed by atoms with E-state index >= 15 is 0 Å². The molecule has 0 aliphatic carbocycles. The number of anilines is 1. The number of oxazole rings is 1. The summed E-state index contributed by atoms with van der Waals surface area (Å²) in [6.07, 6.45) is 3.50. The highest BCUT2D eigenvalue weighted by Crippen LogP contribution is 1.89. The van der Waals surface area contributed by atoms with Crippen LogP contribution in [0.15, 0.2) is 10.7 Å². The average molecular weight is 83.1 g/mol. The van der Waals surface area contributed by atoms with E-state index in [0.29, 0.717) is 5.82 Å². The van der Waals surface area contributed by atoms with Gasteiger partial charge in [0.1, 0.15) is 6.39 Å². The molecule has 2 N–H and O–H groups in total. The lowest BCUT2D eigenvalue weighted by Gasteiger charge is -1.78. The first kappa shape index (κ1) is 3.21. The zero-order valence-electron chi connectivity index (χ0n) is 3.01. The van der Waals surface area contributed by atoms with Crippen molar-refractivity contribution < 1.29 is 4.42 Å². The minimum absolute atomic E-state index is 0.370. The number of hydrogen-bond donors (Lipinski definition) is 1. The highest BCUT2D eigenvalue weighted by Gasteiger charge is 1.64. The number of aromatic nitrogens is 1. The molecular weight excluding hydrogens is 80.0 g/mol. The fourth-order valence-corrected chi connectivity index (χ4v) is 0.192. The lowest BCUT2D eigenvalue weighted by Crippen LogP contribution is -1.79. The molecule has 0 fully saturated rings. The minimum atomic E-state index is 0.370. The molecular formula is C3H3N2O-. The van der Waals surface area contributed by atoms with Crippen molar-refractivity contribution in [3.8, 4) is 0 Å². The maximum atomic E-state index is 5.04. The van der Waals surface area contributed by atoms with Gasteiger partial charge in [0.05, 0.1) is 0 Å². The quantitative estimate of drug-likeness (QED) is 0.451. The summed E-state index contributed by atoms with van der Waals surface area (Å²) < 4.78 is 4.35. The fourth-order valence-electron chi connectivity index (χ4n) is 0.192. The van der Waals surface area contributed by atoms with Gasteiger partial charge in [0.25, 0.3) is 0 Å². The summed E-state index contributed by atoms with van der Waals surface area (Å²) in [7, 11) is 0. The van der Waals surface area contributed by atoms with Crippen LogP contribution in [0.3, 0.4) is 0 Å². The maximum Gasteiger partial charge on any atom is 0.103 e. The minimum Gasteiger partial charge on any atom is -0.579 e. The second kappa shape index (κ2) is 1.01. The van der Waals surface area contributed by atoms with E-state index in [9.17, 15) is 0 Å². The number of nitrogens with zero attached hydrogens (tertiary/aromatic N) is 1. The fraction of sp³-hybridized carbons (Fsp3) is 0. The molecule has 1 aromatic rings. The van der Waals surface area contributed by atoms with Crippen LogP contribution < -0.4 is 5.73 Å². The second-order valence-electron chi connectivity index (χ2n) is 0.864. The van der Waals surface area contributed by atoms with Gasteiger partial charge >= 0.3 is 0 Å². The summed E-state index contributed by atoms with van der Waals surface area (Å²) in [6.45, 7) is 0. The summed E-state index contributed by atoms with van der Waals surface area (Å²) in [5.74, 6) is 0.370. The molecule has 0 saturated carbocycles. The van der Waals surface area contributed by atoms with E-state index in [1.165, 1.54) is 6.26 Å². The maximum absolute atomic E-state index is 5.04. The third-order valence-corrected chi connectivity index (χ3v) is 0.407. The van der Waals surface area contributed by atoms with Crippen LogP contribution >= 0.6 is 0 Å². The normalized spacial score (nSPS) is 8.67. The monoisotopic (exact) mass is 83.0 g/mol. The summed E-state index contributed by atoms with van der Waals surface area (Å²) >= 11 is 0. The molecule has 0 spiro atoms. The first-order chi connectivity index (χ1) is 2.89. The molecule has 0 aromatic carbocycles. The first-order valence-corrected chi connectivity index (χ1v) is 1.46. The third-order valence-electron chi connectivity index (χ3n) is 0.407. The molecule has 0 saturated heterocycles. The first-order valence-electron chi connectivity index (χ1n) is 1.46. The van der Waals surface area contributed by atoms with Crippen LogP contribution in [0, 0.1) is 6.39 Å². The largest absolute Gasteiger partial charge is 0.579 e. The van der Waals surface area contributed by atoms with Crippen molar-refractivity contribution in [1.29, 1.82) is 0 Å². The molecule has 0 bridgehead atoms. The van der Waals surface area contributed by atoms with Crippen molar-refractivity contribution in [1.82, 2.24) is 4.98 Å². The molecule has 32 valence electrons. The van der Waals surface area contributed by atoms with Gasteiger partial charge < -0.3 is 15.1 Å². The van der Waals surface area contributed by atoms with Crippen molar-refractivity contribution >= 4 is 5.82 Å². The second-order valence-corrected chi connectivity index (χ2v) is 0.864. The lowest BCUT2D eigenvalue weighted by molar-refractivity contribution is 0.548. The van der Waals surface area contributed by atoms with Gasteiger partial charge in [0, 0.05) is 5.82 Å². The van der Waals surface area contributed by atoms with Crippen LogP contribution in [0.25, 0.3) is 0 Å². The highest BCUT2D eigenvalue weighted by molar-refractivity contribution is 5.18. The van der Waals surface area contributed by atoms with Gasteiger partial charge in [0.15, 0.2) is 0 Å². The molecule has 1 rings (SSSR count). The Morgan fingerprint density at radius 1 is 2.00 bits per heavy atom. The highest BCUT2D eigenvalue weighted by atomic mass is 16.3. The van der Waals surface area contributed by atoms with Gasteiger partial charge in [-0.05, 0) is 6.26 Å². The van der Waals surface area contributed by atoms with E-state index in [1.54, 1.807) is 0 Å². The van der Waals surface area contributed by atoms with Crippen LogP contribution in [-0.2, 0) is 0 Å². The number of nitrogens with two attached hydrogens (primary N) is 1. The zero-order valence-corrected chi connectivity index (χ0v) is 3.01. The van der Waals surface area contributed by atoms with Crippen molar-refractivity contribution in [3.05, 3.63) is 12.7 Å². The number of rotatable bonds is 0.